The van der Waals surface area contributed by atoms with Crippen molar-refractivity contribution in [3.05, 3.63) is 63.9 Å². The lowest BCUT2D eigenvalue weighted by Gasteiger charge is -2.08. The predicted octanol–water partition coefficient (Wildman–Crippen LogP) is 3.47. The number of amides is 1. The quantitative estimate of drug-likeness (QED) is 0.831. The van der Waals surface area contributed by atoms with Crippen LogP contribution < -0.4 is 11.1 Å². The highest BCUT2D eigenvalue weighted by molar-refractivity contribution is 9.10. The van der Waals surface area contributed by atoms with Crippen LogP contribution in [0.1, 0.15) is 15.9 Å². The van der Waals surface area contributed by atoms with Crippen molar-refractivity contribution in [2.24, 2.45) is 5.73 Å². The summed E-state index contributed by atoms with van der Waals surface area (Å²) in [4.78, 5) is 12.3. The second kappa shape index (κ2) is 6.11. The van der Waals surface area contributed by atoms with Crippen molar-refractivity contribution in [3.8, 4) is 0 Å². The van der Waals surface area contributed by atoms with Gasteiger partial charge in [-0.15, -0.1) is 0 Å². The Balaban J connectivity index is 2.17. The molecule has 0 saturated carbocycles. The van der Waals surface area contributed by atoms with E-state index in [0.29, 0.717) is 21.3 Å². The van der Waals surface area contributed by atoms with Crippen LogP contribution >= 0.6 is 28.1 Å². The first-order valence-corrected chi connectivity index (χ1v) is 6.84. The fraction of sp³-hybridized carbons (Fsp3) is 0. The van der Waals surface area contributed by atoms with Gasteiger partial charge in [-0.05, 0) is 46.3 Å². The van der Waals surface area contributed by atoms with Crippen LogP contribution in [-0.2, 0) is 0 Å². The minimum Gasteiger partial charge on any atom is -0.389 e. The van der Waals surface area contributed by atoms with Crippen molar-refractivity contribution in [2.45, 2.75) is 0 Å². The summed E-state index contributed by atoms with van der Waals surface area (Å²) in [6.07, 6.45) is 0. The minimum atomic E-state index is -0.379. The molecule has 0 heterocycles. The summed E-state index contributed by atoms with van der Waals surface area (Å²) in [5, 5.41) is 2.69. The highest BCUT2D eigenvalue weighted by Gasteiger charge is 2.09. The molecule has 2 aromatic rings. The topological polar surface area (TPSA) is 55.1 Å². The van der Waals surface area contributed by atoms with Crippen LogP contribution in [-0.4, -0.2) is 10.9 Å². The van der Waals surface area contributed by atoms with Gasteiger partial charge in [0.1, 0.15) is 10.8 Å². The maximum Gasteiger partial charge on any atom is 0.255 e. The summed E-state index contributed by atoms with van der Waals surface area (Å²) in [6.45, 7) is 0. The molecule has 0 aliphatic carbocycles. The van der Waals surface area contributed by atoms with Crippen molar-refractivity contribution in [1.82, 2.24) is 0 Å². The van der Waals surface area contributed by atoms with Gasteiger partial charge in [-0.3, -0.25) is 4.79 Å². The van der Waals surface area contributed by atoms with Crippen molar-refractivity contribution < 1.29 is 9.18 Å². The first-order chi connectivity index (χ1) is 9.47. The minimum absolute atomic E-state index is 0.276. The molecule has 0 fully saturated rings. The van der Waals surface area contributed by atoms with E-state index in [0.717, 1.165) is 0 Å². The van der Waals surface area contributed by atoms with Crippen LogP contribution in [0, 0.1) is 5.82 Å². The molecule has 2 rings (SSSR count). The number of nitrogens with one attached hydrogen (secondary N) is 1. The smallest absolute Gasteiger partial charge is 0.255 e. The summed E-state index contributed by atoms with van der Waals surface area (Å²) in [5.74, 6) is -0.678. The molecule has 0 unspecified atom stereocenters. The average molecular weight is 353 g/mol. The zero-order chi connectivity index (χ0) is 14.7. The van der Waals surface area contributed by atoms with E-state index in [1.807, 2.05) is 0 Å². The molecular formula is C14H10BrFN2OS. The van der Waals surface area contributed by atoms with Crippen molar-refractivity contribution in [1.29, 1.82) is 0 Å². The van der Waals surface area contributed by atoms with Gasteiger partial charge in [-0.2, -0.15) is 0 Å². The van der Waals surface area contributed by atoms with Crippen LogP contribution in [0.25, 0.3) is 0 Å². The third-order valence-corrected chi connectivity index (χ3v) is 3.50. The van der Waals surface area contributed by atoms with E-state index in [1.54, 1.807) is 24.3 Å². The highest BCUT2D eigenvalue weighted by atomic mass is 79.9. The molecule has 0 saturated heterocycles. The Morgan fingerprint density at radius 2 is 1.75 bits per heavy atom. The maximum atomic E-state index is 13.0. The molecule has 0 bridgehead atoms. The molecule has 0 aliphatic heterocycles. The Bertz CT molecular complexity index is 673. The van der Waals surface area contributed by atoms with Crippen molar-refractivity contribution in [2.75, 3.05) is 5.32 Å². The molecular weight excluding hydrogens is 343 g/mol. The molecule has 1 amide bonds. The van der Waals surface area contributed by atoms with Gasteiger partial charge >= 0.3 is 0 Å². The van der Waals surface area contributed by atoms with E-state index in [2.05, 4.69) is 21.2 Å². The summed E-state index contributed by atoms with van der Waals surface area (Å²) >= 11 is 8.03. The van der Waals surface area contributed by atoms with E-state index < -0.39 is 0 Å². The Kier molecular flexibility index (Phi) is 4.46. The SMILES string of the molecule is NC(=S)c1ccc(C(=O)Nc2ccc(F)cc2Br)cc1. The first-order valence-electron chi connectivity index (χ1n) is 5.63. The number of hydrogen-bond donors (Lipinski definition) is 2. The van der Waals surface area contributed by atoms with Gasteiger partial charge < -0.3 is 11.1 Å². The van der Waals surface area contributed by atoms with Crippen molar-refractivity contribution in [3.63, 3.8) is 0 Å². The number of rotatable bonds is 3. The van der Waals surface area contributed by atoms with Gasteiger partial charge in [-0.25, -0.2) is 4.39 Å². The third-order valence-electron chi connectivity index (χ3n) is 2.61. The van der Waals surface area contributed by atoms with Crippen LogP contribution in [0.3, 0.4) is 0 Å². The molecule has 2 aromatic carbocycles. The molecule has 0 radical (unpaired) electrons. The number of thiocarbonyl (C=S) groups is 1. The van der Waals surface area contributed by atoms with Gasteiger partial charge in [-0.1, -0.05) is 24.4 Å². The normalized spacial score (nSPS) is 10.1. The van der Waals surface area contributed by atoms with Gasteiger partial charge in [0.25, 0.3) is 5.91 Å². The zero-order valence-corrected chi connectivity index (χ0v) is 12.6. The van der Waals surface area contributed by atoms with Crippen molar-refractivity contribution >= 4 is 44.7 Å². The Labute approximate surface area is 129 Å². The van der Waals surface area contributed by atoms with E-state index in [9.17, 15) is 9.18 Å². The lowest BCUT2D eigenvalue weighted by Crippen LogP contribution is -2.13. The second-order valence-corrected chi connectivity index (χ2v) is 5.31. The van der Waals surface area contributed by atoms with Crippen LogP contribution in [0.5, 0.6) is 0 Å². The molecule has 6 heteroatoms. The summed E-state index contributed by atoms with van der Waals surface area (Å²) in [6, 6.07) is 10.7. The van der Waals surface area contributed by atoms with Crippen LogP contribution in [0.15, 0.2) is 46.9 Å². The Morgan fingerprint density at radius 1 is 1.15 bits per heavy atom. The zero-order valence-electron chi connectivity index (χ0n) is 10.2. The van der Waals surface area contributed by atoms with E-state index in [-0.39, 0.29) is 16.7 Å². The average Bonchev–Trinajstić information content (AvgIpc) is 2.42. The number of carbonyl (C=O) groups excluding carboxylic acids is 1. The number of benzene rings is 2. The summed E-state index contributed by atoms with van der Waals surface area (Å²) in [5.41, 5.74) is 7.14. The fourth-order valence-corrected chi connectivity index (χ4v) is 2.16. The molecule has 3 nitrogen and oxygen atoms in total. The lowest BCUT2D eigenvalue weighted by atomic mass is 10.1. The van der Waals surface area contributed by atoms with Gasteiger partial charge in [0.15, 0.2) is 0 Å². The monoisotopic (exact) mass is 352 g/mol. The Hall–Kier alpha value is -1.79. The summed E-state index contributed by atoms with van der Waals surface area (Å²) < 4.78 is 13.4. The number of halogens is 2. The number of hydrogen-bond acceptors (Lipinski definition) is 2. The molecule has 3 N–H and O–H groups in total. The van der Waals surface area contributed by atoms with E-state index >= 15 is 0 Å². The first kappa shape index (κ1) is 14.6. The number of nitrogens with two attached hydrogens (primary N) is 1. The summed E-state index contributed by atoms with van der Waals surface area (Å²) in [7, 11) is 0. The highest BCUT2D eigenvalue weighted by Crippen LogP contribution is 2.23. The standard InChI is InChI=1S/C14H10BrFN2OS/c15-11-7-10(16)5-6-12(11)18-14(19)9-3-1-8(2-4-9)13(17)20/h1-7H,(H2,17,20)(H,18,19). The second-order valence-electron chi connectivity index (χ2n) is 4.02. The van der Waals surface area contributed by atoms with E-state index in [1.165, 1.54) is 18.2 Å². The van der Waals surface area contributed by atoms with Crippen LogP contribution in [0.2, 0.25) is 0 Å². The number of anilines is 1. The molecule has 102 valence electrons. The number of carbonyl (C=O) groups is 1. The maximum absolute atomic E-state index is 13.0. The van der Waals surface area contributed by atoms with Crippen LogP contribution in [0.4, 0.5) is 10.1 Å². The Morgan fingerprint density at radius 3 is 2.30 bits per heavy atom. The van der Waals surface area contributed by atoms with Gasteiger partial charge in [0.2, 0.25) is 0 Å². The van der Waals surface area contributed by atoms with E-state index in [4.69, 9.17) is 18.0 Å². The third kappa shape index (κ3) is 3.40. The van der Waals surface area contributed by atoms with Gasteiger partial charge in [0.05, 0.1) is 5.69 Å². The molecule has 0 aliphatic rings. The molecule has 0 aromatic heterocycles. The van der Waals surface area contributed by atoms with Gasteiger partial charge in [0, 0.05) is 15.6 Å². The molecule has 20 heavy (non-hydrogen) atoms. The molecule has 0 spiro atoms. The fourth-order valence-electron chi connectivity index (χ4n) is 1.57. The predicted molar refractivity (Wildman–Crippen MR) is 84.4 cm³/mol. The molecule has 0 atom stereocenters. The largest absolute Gasteiger partial charge is 0.389 e. The lowest BCUT2D eigenvalue weighted by molar-refractivity contribution is 0.102.